The Labute approximate surface area is 169 Å². The minimum atomic E-state index is -0.202. The van der Waals surface area contributed by atoms with Crippen LogP contribution < -0.4 is 5.32 Å². The first-order chi connectivity index (χ1) is 13.0. The molecule has 1 atom stereocenters. The van der Waals surface area contributed by atoms with E-state index in [0.29, 0.717) is 6.10 Å². The molecule has 28 heavy (non-hydrogen) atoms. The van der Waals surface area contributed by atoms with Crippen LogP contribution in [0.2, 0.25) is 0 Å². The van der Waals surface area contributed by atoms with Crippen molar-refractivity contribution in [3.05, 3.63) is 11.8 Å². The SMILES string of the molecule is CC(C)(C)c1cc(NC(=O)N2CCN(CC3CCCO3)CC2)n(C(C)(C)C)n1. The topological polar surface area (TPSA) is 62.6 Å². The zero-order chi connectivity index (χ0) is 20.5. The molecule has 0 aliphatic carbocycles. The number of hydrogen-bond acceptors (Lipinski definition) is 4. The maximum atomic E-state index is 12.9. The molecule has 2 amide bonds. The summed E-state index contributed by atoms with van der Waals surface area (Å²) in [6.07, 6.45) is 2.70. The highest BCUT2D eigenvalue weighted by Gasteiger charge is 2.28. The van der Waals surface area contributed by atoms with Crippen molar-refractivity contribution in [2.75, 3.05) is 44.6 Å². The summed E-state index contributed by atoms with van der Waals surface area (Å²) in [5.74, 6) is 0.768. The van der Waals surface area contributed by atoms with Gasteiger partial charge in [-0.15, -0.1) is 0 Å². The molecule has 0 saturated carbocycles. The lowest BCUT2D eigenvalue weighted by Gasteiger charge is -2.35. The van der Waals surface area contributed by atoms with E-state index in [2.05, 4.69) is 51.8 Å². The molecular weight excluding hydrogens is 354 g/mol. The van der Waals surface area contributed by atoms with Crippen molar-refractivity contribution in [1.29, 1.82) is 0 Å². The van der Waals surface area contributed by atoms with Crippen LogP contribution in [0, 0.1) is 0 Å². The molecule has 1 aromatic rings. The van der Waals surface area contributed by atoms with E-state index in [1.54, 1.807) is 0 Å². The quantitative estimate of drug-likeness (QED) is 0.859. The molecule has 3 rings (SSSR count). The van der Waals surface area contributed by atoms with Gasteiger partial charge in [-0.1, -0.05) is 20.8 Å². The van der Waals surface area contributed by atoms with Gasteiger partial charge >= 0.3 is 6.03 Å². The van der Waals surface area contributed by atoms with Gasteiger partial charge in [0.1, 0.15) is 5.82 Å². The van der Waals surface area contributed by atoms with Crippen LogP contribution >= 0.6 is 0 Å². The van der Waals surface area contributed by atoms with E-state index in [1.807, 2.05) is 15.6 Å². The normalized spacial score (nSPS) is 21.9. The zero-order valence-corrected chi connectivity index (χ0v) is 18.4. The molecule has 1 N–H and O–H groups in total. The Morgan fingerprint density at radius 2 is 1.86 bits per heavy atom. The van der Waals surface area contributed by atoms with Crippen molar-refractivity contribution in [1.82, 2.24) is 19.6 Å². The second-order valence-electron chi connectivity index (χ2n) is 10.1. The van der Waals surface area contributed by atoms with Crippen LogP contribution in [-0.4, -0.2) is 71.0 Å². The van der Waals surface area contributed by atoms with Gasteiger partial charge in [0.05, 0.1) is 17.3 Å². The third-order valence-corrected chi connectivity index (χ3v) is 5.49. The Hall–Kier alpha value is -1.60. The second kappa shape index (κ2) is 8.03. The number of anilines is 1. The molecule has 3 heterocycles. The Morgan fingerprint density at radius 3 is 2.39 bits per heavy atom. The lowest BCUT2D eigenvalue weighted by molar-refractivity contribution is 0.0571. The monoisotopic (exact) mass is 391 g/mol. The number of nitrogens with one attached hydrogen (secondary N) is 1. The number of carbonyl (C=O) groups is 1. The van der Waals surface area contributed by atoms with Crippen LogP contribution in [0.25, 0.3) is 0 Å². The minimum absolute atomic E-state index is 0.0392. The molecule has 7 heteroatoms. The van der Waals surface area contributed by atoms with Crippen molar-refractivity contribution in [3.8, 4) is 0 Å². The van der Waals surface area contributed by atoms with Crippen molar-refractivity contribution in [2.24, 2.45) is 0 Å². The lowest BCUT2D eigenvalue weighted by Crippen LogP contribution is -2.51. The smallest absolute Gasteiger partial charge is 0.323 e. The Balaban J connectivity index is 1.61. The van der Waals surface area contributed by atoms with E-state index in [0.717, 1.165) is 57.3 Å². The standard InChI is InChI=1S/C21H37N5O2/c1-20(2,3)17-14-18(26(23-17)21(4,5)6)22-19(27)25-11-9-24(10-12-25)15-16-8-7-13-28-16/h14,16H,7-13,15H2,1-6H3,(H,22,27). The maximum absolute atomic E-state index is 12.9. The van der Waals surface area contributed by atoms with E-state index < -0.39 is 0 Å². The predicted molar refractivity (Wildman–Crippen MR) is 112 cm³/mol. The van der Waals surface area contributed by atoms with Crippen molar-refractivity contribution < 1.29 is 9.53 Å². The molecule has 0 bridgehead atoms. The number of urea groups is 1. The number of rotatable bonds is 3. The number of aromatic nitrogens is 2. The highest BCUT2D eigenvalue weighted by molar-refractivity contribution is 5.88. The maximum Gasteiger partial charge on any atom is 0.323 e. The van der Waals surface area contributed by atoms with Gasteiger partial charge in [0.15, 0.2) is 0 Å². The molecule has 2 saturated heterocycles. The first-order valence-corrected chi connectivity index (χ1v) is 10.5. The van der Waals surface area contributed by atoms with Gasteiger partial charge in [-0.05, 0) is 33.6 Å². The summed E-state index contributed by atoms with van der Waals surface area (Å²) in [4.78, 5) is 17.2. The van der Waals surface area contributed by atoms with E-state index in [9.17, 15) is 4.79 Å². The molecule has 158 valence electrons. The van der Waals surface area contributed by atoms with E-state index in [-0.39, 0.29) is 17.0 Å². The summed E-state index contributed by atoms with van der Waals surface area (Å²) in [7, 11) is 0. The minimum Gasteiger partial charge on any atom is -0.377 e. The Kier molecular flexibility index (Phi) is 6.05. The van der Waals surface area contributed by atoms with Crippen LogP contribution in [-0.2, 0) is 15.7 Å². The van der Waals surface area contributed by atoms with Gasteiger partial charge in [-0.2, -0.15) is 5.10 Å². The Morgan fingerprint density at radius 1 is 1.18 bits per heavy atom. The molecule has 1 aromatic heterocycles. The van der Waals surface area contributed by atoms with Crippen molar-refractivity contribution in [2.45, 2.75) is 71.4 Å². The first kappa shape index (κ1) is 21.1. The molecule has 2 fully saturated rings. The summed E-state index contributed by atoms with van der Waals surface area (Å²) < 4.78 is 7.67. The van der Waals surface area contributed by atoms with Crippen molar-refractivity contribution in [3.63, 3.8) is 0 Å². The van der Waals surface area contributed by atoms with E-state index >= 15 is 0 Å². The number of carbonyl (C=O) groups excluding carboxylic acids is 1. The van der Waals surface area contributed by atoms with Crippen LogP contribution in [0.4, 0.5) is 10.6 Å². The second-order valence-corrected chi connectivity index (χ2v) is 10.1. The van der Waals surface area contributed by atoms with Gasteiger partial charge < -0.3 is 9.64 Å². The fraction of sp³-hybridized carbons (Fsp3) is 0.810. The highest BCUT2D eigenvalue weighted by Crippen LogP contribution is 2.28. The summed E-state index contributed by atoms with van der Waals surface area (Å²) in [6.45, 7) is 17.9. The number of hydrogen-bond donors (Lipinski definition) is 1. The van der Waals surface area contributed by atoms with Crippen molar-refractivity contribution >= 4 is 11.8 Å². The number of nitrogens with zero attached hydrogens (tertiary/aromatic N) is 4. The largest absolute Gasteiger partial charge is 0.377 e. The lowest BCUT2D eigenvalue weighted by atomic mass is 9.92. The highest BCUT2D eigenvalue weighted by atomic mass is 16.5. The van der Waals surface area contributed by atoms with Gasteiger partial charge in [0, 0.05) is 50.8 Å². The first-order valence-electron chi connectivity index (χ1n) is 10.5. The number of amides is 2. The van der Waals surface area contributed by atoms with E-state index in [4.69, 9.17) is 9.84 Å². The van der Waals surface area contributed by atoms with Crippen LogP contribution in [0.1, 0.15) is 60.1 Å². The third kappa shape index (κ3) is 5.06. The number of piperazine rings is 1. The Bertz CT molecular complexity index is 672. The number of ether oxygens (including phenoxy) is 1. The van der Waals surface area contributed by atoms with Gasteiger partial charge in [0.25, 0.3) is 0 Å². The summed E-state index contributed by atoms with van der Waals surface area (Å²) in [5.41, 5.74) is 0.717. The van der Waals surface area contributed by atoms with Gasteiger partial charge in [-0.25, -0.2) is 9.48 Å². The average Bonchev–Trinajstić information content (AvgIpc) is 3.24. The molecule has 2 aliphatic rings. The van der Waals surface area contributed by atoms with Gasteiger partial charge in [0.2, 0.25) is 0 Å². The summed E-state index contributed by atoms with van der Waals surface area (Å²) >= 11 is 0. The zero-order valence-electron chi connectivity index (χ0n) is 18.4. The van der Waals surface area contributed by atoms with Crippen LogP contribution in [0.5, 0.6) is 0 Å². The fourth-order valence-electron chi connectivity index (χ4n) is 3.75. The van der Waals surface area contributed by atoms with Crippen LogP contribution in [0.15, 0.2) is 6.07 Å². The molecule has 0 spiro atoms. The molecule has 2 aliphatic heterocycles. The fourth-order valence-corrected chi connectivity index (χ4v) is 3.75. The average molecular weight is 392 g/mol. The molecule has 0 radical (unpaired) electrons. The summed E-state index contributed by atoms with van der Waals surface area (Å²) in [5, 5.41) is 7.89. The predicted octanol–water partition coefficient (Wildman–Crippen LogP) is 3.26. The summed E-state index contributed by atoms with van der Waals surface area (Å²) in [6, 6.07) is 1.97. The molecule has 7 nitrogen and oxygen atoms in total. The van der Waals surface area contributed by atoms with E-state index in [1.165, 1.54) is 6.42 Å². The molecule has 1 unspecified atom stereocenters. The van der Waals surface area contributed by atoms with Crippen LogP contribution in [0.3, 0.4) is 0 Å². The molecule has 0 aromatic carbocycles. The molecular formula is C21H37N5O2. The van der Waals surface area contributed by atoms with Gasteiger partial charge in [-0.3, -0.25) is 10.2 Å². The third-order valence-electron chi connectivity index (χ3n) is 5.49.